The molecule has 0 radical (unpaired) electrons. The van der Waals surface area contributed by atoms with Crippen molar-refractivity contribution in [2.45, 2.75) is 26.4 Å². The van der Waals surface area contributed by atoms with E-state index in [2.05, 4.69) is 5.32 Å². The molecule has 0 rings (SSSR count). The molecule has 0 aliphatic heterocycles. The SMILES string of the molecule is COC(C)(C)CNC/C=C(/C)C(=O)O. The summed E-state index contributed by atoms with van der Waals surface area (Å²) in [5.74, 6) is -0.877. The molecule has 0 fully saturated rings. The van der Waals surface area contributed by atoms with Crippen molar-refractivity contribution in [1.29, 1.82) is 0 Å². The summed E-state index contributed by atoms with van der Waals surface area (Å²) in [6, 6.07) is 0. The minimum atomic E-state index is -0.877. The topological polar surface area (TPSA) is 58.6 Å². The van der Waals surface area contributed by atoms with Crippen molar-refractivity contribution < 1.29 is 14.6 Å². The Morgan fingerprint density at radius 2 is 2.14 bits per heavy atom. The Morgan fingerprint density at radius 1 is 1.57 bits per heavy atom. The zero-order valence-corrected chi connectivity index (χ0v) is 9.26. The van der Waals surface area contributed by atoms with Gasteiger partial charge in [0.15, 0.2) is 0 Å². The molecule has 0 aliphatic carbocycles. The largest absolute Gasteiger partial charge is 0.478 e. The first-order valence-electron chi connectivity index (χ1n) is 4.55. The quantitative estimate of drug-likeness (QED) is 0.498. The molecule has 14 heavy (non-hydrogen) atoms. The van der Waals surface area contributed by atoms with E-state index >= 15 is 0 Å². The van der Waals surface area contributed by atoms with Crippen LogP contribution in [0.3, 0.4) is 0 Å². The maximum Gasteiger partial charge on any atom is 0.330 e. The molecule has 4 heteroatoms. The molecule has 0 saturated heterocycles. The van der Waals surface area contributed by atoms with Crippen molar-refractivity contribution >= 4 is 5.97 Å². The summed E-state index contributed by atoms with van der Waals surface area (Å²) in [4.78, 5) is 10.4. The number of rotatable bonds is 6. The van der Waals surface area contributed by atoms with Gasteiger partial charge in [0.2, 0.25) is 0 Å². The number of hydrogen-bond donors (Lipinski definition) is 2. The summed E-state index contributed by atoms with van der Waals surface area (Å²) in [5.41, 5.74) is 0.137. The third-order valence-corrected chi connectivity index (χ3v) is 1.99. The van der Waals surface area contributed by atoms with Crippen LogP contribution >= 0.6 is 0 Å². The van der Waals surface area contributed by atoms with Crippen LogP contribution in [0.5, 0.6) is 0 Å². The molecule has 0 atom stereocenters. The predicted molar refractivity (Wildman–Crippen MR) is 55.4 cm³/mol. The lowest BCUT2D eigenvalue weighted by Crippen LogP contribution is -2.36. The Hall–Kier alpha value is -0.870. The number of carboxylic acid groups (broad SMARTS) is 1. The normalized spacial score (nSPS) is 13.0. The van der Waals surface area contributed by atoms with Gasteiger partial charge in [-0.15, -0.1) is 0 Å². The Kier molecular flexibility index (Phi) is 5.42. The van der Waals surface area contributed by atoms with Gasteiger partial charge in [-0.2, -0.15) is 0 Å². The van der Waals surface area contributed by atoms with Gasteiger partial charge >= 0.3 is 5.97 Å². The van der Waals surface area contributed by atoms with Crippen molar-refractivity contribution in [3.05, 3.63) is 11.6 Å². The molecule has 0 spiro atoms. The molecular weight excluding hydrogens is 182 g/mol. The highest BCUT2D eigenvalue weighted by molar-refractivity contribution is 5.85. The second-order valence-corrected chi connectivity index (χ2v) is 3.79. The average Bonchev–Trinajstić information content (AvgIpc) is 2.12. The van der Waals surface area contributed by atoms with E-state index in [9.17, 15) is 4.79 Å². The molecule has 0 aliphatic rings. The number of ether oxygens (including phenoxy) is 1. The van der Waals surface area contributed by atoms with Crippen LogP contribution in [0, 0.1) is 0 Å². The van der Waals surface area contributed by atoms with Gasteiger partial charge in [0.05, 0.1) is 5.60 Å². The summed E-state index contributed by atoms with van der Waals surface area (Å²) in [7, 11) is 1.65. The summed E-state index contributed by atoms with van der Waals surface area (Å²) < 4.78 is 5.19. The van der Waals surface area contributed by atoms with Crippen LogP contribution < -0.4 is 5.32 Å². The third-order valence-electron chi connectivity index (χ3n) is 1.99. The van der Waals surface area contributed by atoms with Gasteiger partial charge in [-0.05, 0) is 20.8 Å². The van der Waals surface area contributed by atoms with Gasteiger partial charge in [0.25, 0.3) is 0 Å². The Bertz CT molecular complexity index is 221. The number of hydrogen-bond acceptors (Lipinski definition) is 3. The zero-order valence-electron chi connectivity index (χ0n) is 9.26. The van der Waals surface area contributed by atoms with Crippen molar-refractivity contribution in [3.63, 3.8) is 0 Å². The van der Waals surface area contributed by atoms with E-state index in [0.29, 0.717) is 18.7 Å². The summed E-state index contributed by atoms with van der Waals surface area (Å²) in [5, 5.41) is 11.7. The lowest BCUT2D eigenvalue weighted by Gasteiger charge is -2.22. The lowest BCUT2D eigenvalue weighted by atomic mass is 10.1. The van der Waals surface area contributed by atoms with Gasteiger partial charge < -0.3 is 15.2 Å². The molecule has 2 N–H and O–H groups in total. The molecule has 0 heterocycles. The van der Waals surface area contributed by atoms with Gasteiger partial charge in [0.1, 0.15) is 0 Å². The first-order valence-corrected chi connectivity index (χ1v) is 4.55. The van der Waals surface area contributed by atoms with E-state index in [1.165, 1.54) is 0 Å². The molecule has 82 valence electrons. The fourth-order valence-electron chi connectivity index (χ4n) is 0.758. The van der Waals surface area contributed by atoms with E-state index in [1.54, 1.807) is 20.1 Å². The first-order chi connectivity index (χ1) is 6.39. The Balaban J connectivity index is 3.76. The smallest absolute Gasteiger partial charge is 0.330 e. The summed E-state index contributed by atoms with van der Waals surface area (Å²) >= 11 is 0. The molecular formula is C10H19NO3. The van der Waals surface area contributed by atoms with E-state index in [0.717, 1.165) is 0 Å². The fraction of sp³-hybridized carbons (Fsp3) is 0.700. The van der Waals surface area contributed by atoms with E-state index in [4.69, 9.17) is 9.84 Å². The van der Waals surface area contributed by atoms with Crippen molar-refractivity contribution in [2.24, 2.45) is 0 Å². The third kappa shape index (κ3) is 5.72. The van der Waals surface area contributed by atoms with Crippen LogP contribution in [0.2, 0.25) is 0 Å². The minimum absolute atomic E-state index is 0.217. The van der Waals surface area contributed by atoms with Crippen LogP contribution in [-0.4, -0.2) is 36.9 Å². The highest BCUT2D eigenvalue weighted by Crippen LogP contribution is 2.04. The summed E-state index contributed by atoms with van der Waals surface area (Å²) in [6.07, 6.45) is 1.65. The van der Waals surface area contributed by atoms with Gasteiger partial charge in [-0.25, -0.2) is 4.79 Å². The predicted octanol–water partition coefficient (Wildman–Crippen LogP) is 1.03. The van der Waals surface area contributed by atoms with Crippen molar-refractivity contribution in [2.75, 3.05) is 20.2 Å². The molecule has 0 amide bonds. The van der Waals surface area contributed by atoms with Crippen LogP contribution in [0.25, 0.3) is 0 Å². The van der Waals surface area contributed by atoms with Crippen LogP contribution in [-0.2, 0) is 9.53 Å². The monoisotopic (exact) mass is 201 g/mol. The summed E-state index contributed by atoms with van der Waals surface area (Å²) in [6.45, 7) is 6.74. The number of carbonyl (C=O) groups is 1. The zero-order chi connectivity index (χ0) is 11.2. The van der Waals surface area contributed by atoms with Crippen molar-refractivity contribution in [1.82, 2.24) is 5.32 Å². The molecule has 0 aromatic heterocycles. The maximum absolute atomic E-state index is 10.4. The van der Waals surface area contributed by atoms with Gasteiger partial charge in [-0.1, -0.05) is 6.08 Å². The van der Waals surface area contributed by atoms with Gasteiger partial charge in [0, 0.05) is 25.8 Å². The highest BCUT2D eigenvalue weighted by atomic mass is 16.5. The fourth-order valence-corrected chi connectivity index (χ4v) is 0.758. The molecule has 0 saturated carbocycles. The standard InChI is InChI=1S/C10H19NO3/c1-8(9(12)13)5-6-11-7-10(2,3)14-4/h5,11H,6-7H2,1-4H3,(H,12,13)/b8-5-. The number of aliphatic carboxylic acids is 1. The van der Waals surface area contributed by atoms with E-state index in [-0.39, 0.29) is 5.60 Å². The number of nitrogens with one attached hydrogen (secondary N) is 1. The van der Waals surface area contributed by atoms with Crippen LogP contribution in [0.1, 0.15) is 20.8 Å². The maximum atomic E-state index is 10.4. The molecule has 0 aromatic rings. The van der Waals surface area contributed by atoms with Crippen LogP contribution in [0.4, 0.5) is 0 Å². The average molecular weight is 201 g/mol. The highest BCUT2D eigenvalue weighted by Gasteiger charge is 2.14. The number of methoxy groups -OCH3 is 1. The first kappa shape index (κ1) is 13.1. The number of carboxylic acids is 1. The minimum Gasteiger partial charge on any atom is -0.478 e. The molecule has 0 unspecified atom stereocenters. The Labute approximate surface area is 85.0 Å². The lowest BCUT2D eigenvalue weighted by molar-refractivity contribution is -0.132. The van der Waals surface area contributed by atoms with E-state index in [1.807, 2.05) is 13.8 Å². The molecule has 4 nitrogen and oxygen atoms in total. The Morgan fingerprint density at radius 3 is 2.57 bits per heavy atom. The van der Waals surface area contributed by atoms with Crippen LogP contribution in [0.15, 0.2) is 11.6 Å². The molecule has 0 bridgehead atoms. The van der Waals surface area contributed by atoms with Crippen molar-refractivity contribution in [3.8, 4) is 0 Å². The second-order valence-electron chi connectivity index (χ2n) is 3.79. The van der Waals surface area contributed by atoms with Gasteiger partial charge in [-0.3, -0.25) is 0 Å². The van der Waals surface area contributed by atoms with E-state index < -0.39 is 5.97 Å². The second kappa shape index (κ2) is 5.78. The molecule has 0 aromatic carbocycles.